The zero-order valence-corrected chi connectivity index (χ0v) is 9.66. The lowest BCUT2D eigenvalue weighted by molar-refractivity contribution is 0.111. The number of aldehydes is 1. The molecule has 15 heavy (non-hydrogen) atoms. The largest absolute Gasteiger partial charge is 0.296 e. The molecule has 3 heteroatoms. The van der Waals surface area contributed by atoms with Crippen molar-refractivity contribution in [3.05, 3.63) is 23.3 Å². The lowest BCUT2D eigenvalue weighted by Gasteiger charge is -2.21. The van der Waals surface area contributed by atoms with Gasteiger partial charge in [0.25, 0.3) is 0 Å². The molecule has 0 saturated heterocycles. The third-order valence-electron chi connectivity index (χ3n) is 3.08. The van der Waals surface area contributed by atoms with E-state index in [0.717, 1.165) is 24.1 Å². The molecular weight excluding hydrogens is 188 g/mol. The first-order valence-corrected chi connectivity index (χ1v) is 5.20. The molecule has 0 unspecified atom stereocenters. The van der Waals surface area contributed by atoms with Crippen molar-refractivity contribution in [1.29, 1.82) is 0 Å². The number of fused-ring (bicyclic) bond motifs is 1. The van der Waals surface area contributed by atoms with Gasteiger partial charge in [-0.3, -0.25) is 9.78 Å². The number of carbonyl (C=O) groups is 1. The Morgan fingerprint density at radius 1 is 1.20 bits per heavy atom. The molecule has 1 heterocycles. The van der Waals surface area contributed by atoms with Crippen molar-refractivity contribution in [3.63, 3.8) is 0 Å². The van der Waals surface area contributed by atoms with E-state index in [2.05, 4.69) is 37.7 Å². The Labute approximate surface area is 89.9 Å². The Hall–Kier alpha value is -1.25. The van der Waals surface area contributed by atoms with Gasteiger partial charge in [0.2, 0.25) is 0 Å². The summed E-state index contributed by atoms with van der Waals surface area (Å²) in [5.74, 6) is 0. The summed E-state index contributed by atoms with van der Waals surface area (Å²) in [5, 5.41) is 0. The molecule has 2 rings (SSSR count). The van der Waals surface area contributed by atoms with Gasteiger partial charge >= 0.3 is 0 Å². The van der Waals surface area contributed by atoms with Crippen LogP contribution in [0, 0.1) is 0 Å². The van der Waals surface area contributed by atoms with Crippen LogP contribution < -0.4 is 0 Å². The second-order valence-corrected chi connectivity index (χ2v) is 5.55. The molecule has 0 aliphatic heterocycles. The molecule has 1 aromatic heterocycles. The number of rotatable bonds is 1. The molecule has 1 aliphatic carbocycles. The molecule has 80 valence electrons. The minimum absolute atomic E-state index is 0.0187. The standard InChI is InChI=1S/C12H16N2O/c1-11(2)7-12(3,4)10-9(11)13-5-8(6-15)14-10/h5-6H,7H2,1-4H3. The van der Waals surface area contributed by atoms with Crippen LogP contribution in [0.4, 0.5) is 0 Å². The predicted molar refractivity (Wildman–Crippen MR) is 58.1 cm³/mol. The van der Waals surface area contributed by atoms with E-state index in [1.54, 1.807) is 6.20 Å². The SMILES string of the molecule is CC1(C)CC(C)(C)c2nc(C=O)cnc21. The smallest absolute Gasteiger partial charge is 0.170 e. The van der Waals surface area contributed by atoms with Gasteiger partial charge in [0.05, 0.1) is 17.6 Å². The lowest BCUT2D eigenvalue weighted by Crippen LogP contribution is -2.18. The van der Waals surface area contributed by atoms with Gasteiger partial charge in [-0.05, 0) is 6.42 Å². The Kier molecular flexibility index (Phi) is 1.97. The zero-order valence-electron chi connectivity index (χ0n) is 9.66. The summed E-state index contributed by atoms with van der Waals surface area (Å²) in [6, 6.07) is 0. The number of hydrogen-bond donors (Lipinski definition) is 0. The highest BCUT2D eigenvalue weighted by Crippen LogP contribution is 2.46. The van der Waals surface area contributed by atoms with E-state index in [1.807, 2.05) is 0 Å². The molecule has 0 amide bonds. The van der Waals surface area contributed by atoms with Gasteiger partial charge in [-0.2, -0.15) is 0 Å². The predicted octanol–water partition coefficient (Wildman–Crippen LogP) is 2.25. The Morgan fingerprint density at radius 2 is 1.80 bits per heavy atom. The highest BCUT2D eigenvalue weighted by molar-refractivity contribution is 5.71. The van der Waals surface area contributed by atoms with E-state index in [0.29, 0.717) is 5.69 Å². The molecule has 0 aromatic carbocycles. The first-order valence-electron chi connectivity index (χ1n) is 5.20. The van der Waals surface area contributed by atoms with Crippen molar-refractivity contribution in [2.75, 3.05) is 0 Å². The van der Waals surface area contributed by atoms with Crippen molar-refractivity contribution in [3.8, 4) is 0 Å². The van der Waals surface area contributed by atoms with Gasteiger partial charge in [0, 0.05) is 10.8 Å². The molecule has 0 N–H and O–H groups in total. The van der Waals surface area contributed by atoms with Gasteiger partial charge in [-0.15, -0.1) is 0 Å². The van der Waals surface area contributed by atoms with Gasteiger partial charge in [0.15, 0.2) is 6.29 Å². The second-order valence-electron chi connectivity index (χ2n) is 5.55. The highest BCUT2D eigenvalue weighted by Gasteiger charge is 2.44. The van der Waals surface area contributed by atoms with Crippen LogP contribution in [0.2, 0.25) is 0 Å². The number of carbonyl (C=O) groups excluding carboxylic acids is 1. The number of aromatic nitrogens is 2. The van der Waals surface area contributed by atoms with Gasteiger partial charge in [-0.25, -0.2) is 4.98 Å². The Morgan fingerprint density at radius 3 is 2.40 bits per heavy atom. The van der Waals surface area contributed by atoms with Crippen molar-refractivity contribution < 1.29 is 4.79 Å². The van der Waals surface area contributed by atoms with E-state index in [9.17, 15) is 4.79 Å². The average molecular weight is 204 g/mol. The van der Waals surface area contributed by atoms with Gasteiger partial charge in [0.1, 0.15) is 5.69 Å². The molecule has 0 fully saturated rings. The van der Waals surface area contributed by atoms with Crippen LogP contribution in [-0.4, -0.2) is 16.3 Å². The van der Waals surface area contributed by atoms with Crippen LogP contribution in [0.5, 0.6) is 0 Å². The maximum absolute atomic E-state index is 10.7. The van der Waals surface area contributed by atoms with E-state index < -0.39 is 0 Å². The van der Waals surface area contributed by atoms with Crippen molar-refractivity contribution in [1.82, 2.24) is 9.97 Å². The van der Waals surface area contributed by atoms with E-state index in [4.69, 9.17) is 0 Å². The van der Waals surface area contributed by atoms with Gasteiger partial charge in [-0.1, -0.05) is 27.7 Å². The van der Waals surface area contributed by atoms with Gasteiger partial charge < -0.3 is 0 Å². The quantitative estimate of drug-likeness (QED) is 0.659. The zero-order chi connectivity index (χ0) is 11.3. The topological polar surface area (TPSA) is 42.9 Å². The fraction of sp³-hybridized carbons (Fsp3) is 0.583. The molecule has 0 saturated carbocycles. The highest BCUT2D eigenvalue weighted by atomic mass is 16.1. The second kappa shape index (κ2) is 2.87. The maximum Gasteiger partial charge on any atom is 0.170 e. The normalized spacial score (nSPS) is 21.1. The minimum Gasteiger partial charge on any atom is -0.296 e. The van der Waals surface area contributed by atoms with Crippen molar-refractivity contribution in [2.24, 2.45) is 0 Å². The van der Waals surface area contributed by atoms with E-state index in [1.165, 1.54) is 0 Å². The fourth-order valence-corrected chi connectivity index (χ4v) is 2.70. The molecule has 1 aliphatic rings. The van der Waals surface area contributed by atoms with Crippen LogP contribution in [0.1, 0.15) is 56.0 Å². The molecule has 0 bridgehead atoms. The van der Waals surface area contributed by atoms with Crippen LogP contribution in [0.3, 0.4) is 0 Å². The minimum atomic E-state index is 0.0187. The molecular formula is C12H16N2O. The van der Waals surface area contributed by atoms with Crippen LogP contribution in [0.25, 0.3) is 0 Å². The van der Waals surface area contributed by atoms with Crippen LogP contribution in [-0.2, 0) is 10.8 Å². The summed E-state index contributed by atoms with van der Waals surface area (Å²) in [4.78, 5) is 19.5. The third kappa shape index (κ3) is 1.46. The van der Waals surface area contributed by atoms with Crippen molar-refractivity contribution >= 4 is 6.29 Å². The number of hydrogen-bond acceptors (Lipinski definition) is 3. The Bertz CT molecular complexity index is 422. The monoisotopic (exact) mass is 204 g/mol. The third-order valence-corrected chi connectivity index (χ3v) is 3.08. The lowest BCUT2D eigenvalue weighted by atomic mass is 9.83. The maximum atomic E-state index is 10.7. The van der Waals surface area contributed by atoms with Crippen molar-refractivity contribution in [2.45, 2.75) is 44.9 Å². The summed E-state index contributed by atoms with van der Waals surface area (Å²) in [5.41, 5.74) is 2.53. The summed E-state index contributed by atoms with van der Waals surface area (Å²) in [7, 11) is 0. The summed E-state index contributed by atoms with van der Waals surface area (Å²) in [6.07, 6.45) is 3.35. The van der Waals surface area contributed by atoms with E-state index in [-0.39, 0.29) is 10.8 Å². The molecule has 0 atom stereocenters. The number of nitrogens with zero attached hydrogens (tertiary/aromatic N) is 2. The first kappa shape index (κ1) is 10.3. The van der Waals surface area contributed by atoms with Crippen LogP contribution in [0.15, 0.2) is 6.20 Å². The summed E-state index contributed by atoms with van der Waals surface area (Å²) >= 11 is 0. The molecule has 0 spiro atoms. The van der Waals surface area contributed by atoms with Crippen LogP contribution >= 0.6 is 0 Å². The summed E-state index contributed by atoms with van der Waals surface area (Å²) < 4.78 is 0. The van der Waals surface area contributed by atoms with E-state index >= 15 is 0 Å². The first-order chi connectivity index (χ1) is 6.87. The Balaban J connectivity index is 2.65. The summed E-state index contributed by atoms with van der Waals surface area (Å²) in [6.45, 7) is 8.67. The molecule has 0 radical (unpaired) electrons. The average Bonchev–Trinajstić information content (AvgIpc) is 2.32. The fourth-order valence-electron chi connectivity index (χ4n) is 2.70. The molecule has 1 aromatic rings. The molecule has 3 nitrogen and oxygen atoms in total.